The molecular weight excluding hydrogens is 256 g/mol. The number of benzene rings is 1. The van der Waals surface area contributed by atoms with Crippen LogP contribution in [0.5, 0.6) is 0 Å². The molecule has 0 amide bonds. The monoisotopic (exact) mass is 274 g/mol. The Morgan fingerprint density at radius 2 is 2.11 bits per heavy atom. The van der Waals surface area contributed by atoms with Crippen LogP contribution in [0.2, 0.25) is 5.02 Å². The van der Waals surface area contributed by atoms with E-state index in [1.165, 1.54) is 11.1 Å². The first-order valence-corrected chi connectivity index (χ1v) is 7.00. The molecule has 0 fully saturated rings. The number of nitrogens with one attached hydrogen (secondary N) is 1. The number of aromatic nitrogens is 1. The normalized spacial score (nSPS) is 12.4. The molecule has 0 saturated heterocycles. The van der Waals surface area contributed by atoms with Gasteiger partial charge >= 0.3 is 0 Å². The molecule has 3 heteroatoms. The summed E-state index contributed by atoms with van der Waals surface area (Å²) in [4.78, 5) is 4.44. The van der Waals surface area contributed by atoms with Crippen molar-refractivity contribution in [1.29, 1.82) is 0 Å². The predicted molar refractivity (Wildman–Crippen MR) is 80.3 cm³/mol. The summed E-state index contributed by atoms with van der Waals surface area (Å²) in [5.74, 6) is 0. The molecule has 0 aliphatic heterocycles. The molecule has 1 aromatic heterocycles. The Morgan fingerprint density at radius 1 is 1.26 bits per heavy atom. The van der Waals surface area contributed by atoms with Gasteiger partial charge in [0.25, 0.3) is 0 Å². The summed E-state index contributed by atoms with van der Waals surface area (Å²) >= 11 is 6.01. The highest BCUT2D eigenvalue weighted by atomic mass is 35.5. The second-order valence-electron chi connectivity index (χ2n) is 4.62. The lowest BCUT2D eigenvalue weighted by atomic mass is 10.1. The molecule has 1 heterocycles. The van der Waals surface area contributed by atoms with E-state index in [9.17, 15) is 0 Å². The molecule has 0 spiro atoms. The van der Waals surface area contributed by atoms with Gasteiger partial charge in [-0.2, -0.15) is 0 Å². The molecule has 1 aromatic carbocycles. The van der Waals surface area contributed by atoms with Crippen LogP contribution in [0.15, 0.2) is 42.6 Å². The van der Waals surface area contributed by atoms with Crippen molar-refractivity contribution in [3.63, 3.8) is 0 Å². The van der Waals surface area contributed by atoms with Crippen LogP contribution in [0.3, 0.4) is 0 Å². The zero-order valence-electron chi connectivity index (χ0n) is 11.4. The zero-order chi connectivity index (χ0) is 13.7. The van der Waals surface area contributed by atoms with Crippen molar-refractivity contribution in [2.45, 2.75) is 32.9 Å². The minimum Gasteiger partial charge on any atom is -0.305 e. The van der Waals surface area contributed by atoms with Crippen LogP contribution in [-0.4, -0.2) is 4.98 Å². The van der Waals surface area contributed by atoms with E-state index in [1.807, 2.05) is 30.5 Å². The molecule has 1 atom stereocenters. The molecule has 100 valence electrons. The molecule has 1 N–H and O–H groups in total. The number of nitrogens with zero attached hydrogens (tertiary/aromatic N) is 1. The van der Waals surface area contributed by atoms with E-state index in [2.05, 4.69) is 36.3 Å². The van der Waals surface area contributed by atoms with E-state index in [0.29, 0.717) is 0 Å². The van der Waals surface area contributed by atoms with E-state index in [4.69, 9.17) is 11.6 Å². The van der Waals surface area contributed by atoms with E-state index in [1.54, 1.807) is 0 Å². The van der Waals surface area contributed by atoms with Gasteiger partial charge < -0.3 is 5.32 Å². The van der Waals surface area contributed by atoms with Gasteiger partial charge in [0.1, 0.15) is 0 Å². The van der Waals surface area contributed by atoms with Crippen molar-refractivity contribution >= 4 is 11.6 Å². The van der Waals surface area contributed by atoms with Gasteiger partial charge in [0, 0.05) is 23.8 Å². The largest absolute Gasteiger partial charge is 0.305 e. The lowest BCUT2D eigenvalue weighted by molar-refractivity contribution is 0.565. The first-order chi connectivity index (χ1) is 9.20. The number of aryl methyl sites for hydroxylation is 1. The Bertz CT molecular complexity index is 540. The average Bonchev–Trinajstić information content (AvgIpc) is 2.45. The third kappa shape index (κ3) is 3.79. The van der Waals surface area contributed by atoms with Gasteiger partial charge in [0.05, 0.1) is 5.69 Å². The Labute approximate surface area is 119 Å². The summed E-state index contributed by atoms with van der Waals surface area (Å²) < 4.78 is 0. The van der Waals surface area contributed by atoms with Gasteiger partial charge in [0.15, 0.2) is 0 Å². The van der Waals surface area contributed by atoms with Gasteiger partial charge in [-0.25, -0.2) is 0 Å². The standard InChI is InChI=1S/C16H19ClN2/c1-3-13-7-5-9-18-16(13)11-19-12(2)14-6-4-8-15(17)10-14/h4-10,12,19H,3,11H2,1-2H3. The SMILES string of the molecule is CCc1cccnc1CNC(C)c1cccc(Cl)c1. The molecule has 0 radical (unpaired) electrons. The average molecular weight is 275 g/mol. The van der Waals surface area contributed by atoms with Gasteiger partial charge in [-0.3, -0.25) is 4.98 Å². The molecular formula is C16H19ClN2. The van der Waals surface area contributed by atoms with Crippen molar-refractivity contribution in [3.05, 3.63) is 64.4 Å². The molecule has 2 rings (SSSR count). The molecule has 2 nitrogen and oxygen atoms in total. The molecule has 19 heavy (non-hydrogen) atoms. The quantitative estimate of drug-likeness (QED) is 0.886. The lowest BCUT2D eigenvalue weighted by Gasteiger charge is -2.15. The molecule has 2 aromatic rings. The number of rotatable bonds is 5. The molecule has 0 bridgehead atoms. The summed E-state index contributed by atoms with van der Waals surface area (Å²) in [6, 6.07) is 12.3. The third-order valence-electron chi connectivity index (χ3n) is 3.29. The first kappa shape index (κ1) is 14.0. The molecule has 0 aliphatic rings. The van der Waals surface area contributed by atoms with E-state index < -0.39 is 0 Å². The Morgan fingerprint density at radius 3 is 2.84 bits per heavy atom. The van der Waals surface area contributed by atoms with Crippen LogP contribution in [-0.2, 0) is 13.0 Å². The van der Waals surface area contributed by atoms with Gasteiger partial charge in [-0.05, 0) is 42.7 Å². The molecule has 0 aliphatic carbocycles. The van der Waals surface area contributed by atoms with E-state index >= 15 is 0 Å². The fourth-order valence-corrected chi connectivity index (χ4v) is 2.29. The van der Waals surface area contributed by atoms with E-state index in [0.717, 1.165) is 23.7 Å². The maximum Gasteiger partial charge on any atom is 0.0573 e. The van der Waals surface area contributed by atoms with Crippen molar-refractivity contribution in [2.75, 3.05) is 0 Å². The number of halogens is 1. The predicted octanol–water partition coefficient (Wildman–Crippen LogP) is 4.15. The van der Waals surface area contributed by atoms with E-state index in [-0.39, 0.29) is 6.04 Å². The van der Waals surface area contributed by atoms with Crippen molar-refractivity contribution in [3.8, 4) is 0 Å². The summed E-state index contributed by atoms with van der Waals surface area (Å²) in [6.45, 7) is 5.07. The summed E-state index contributed by atoms with van der Waals surface area (Å²) in [5.41, 5.74) is 3.62. The fraction of sp³-hybridized carbons (Fsp3) is 0.312. The highest BCUT2D eigenvalue weighted by Crippen LogP contribution is 2.18. The Hall–Kier alpha value is -1.38. The molecule has 1 unspecified atom stereocenters. The zero-order valence-corrected chi connectivity index (χ0v) is 12.1. The van der Waals surface area contributed by atoms with Crippen LogP contribution < -0.4 is 5.32 Å². The summed E-state index contributed by atoms with van der Waals surface area (Å²) in [6.07, 6.45) is 2.86. The second kappa shape index (κ2) is 6.69. The second-order valence-corrected chi connectivity index (χ2v) is 5.06. The van der Waals surface area contributed by atoms with Crippen LogP contribution in [0.1, 0.15) is 36.7 Å². The smallest absolute Gasteiger partial charge is 0.0573 e. The summed E-state index contributed by atoms with van der Waals surface area (Å²) in [5, 5.41) is 4.27. The minimum atomic E-state index is 0.255. The highest BCUT2D eigenvalue weighted by molar-refractivity contribution is 6.30. The number of pyridine rings is 1. The highest BCUT2D eigenvalue weighted by Gasteiger charge is 2.07. The van der Waals surface area contributed by atoms with Gasteiger partial charge in [-0.15, -0.1) is 0 Å². The minimum absolute atomic E-state index is 0.255. The maximum absolute atomic E-state index is 6.01. The Kier molecular flexibility index (Phi) is 4.94. The van der Waals surface area contributed by atoms with Crippen LogP contribution >= 0.6 is 11.6 Å². The number of hydrogen-bond donors (Lipinski definition) is 1. The van der Waals surface area contributed by atoms with Gasteiger partial charge in [0.2, 0.25) is 0 Å². The number of hydrogen-bond acceptors (Lipinski definition) is 2. The topological polar surface area (TPSA) is 24.9 Å². The molecule has 0 saturated carbocycles. The van der Waals surface area contributed by atoms with Crippen LogP contribution in [0.4, 0.5) is 0 Å². The maximum atomic E-state index is 6.01. The van der Waals surface area contributed by atoms with Gasteiger partial charge in [-0.1, -0.05) is 36.7 Å². The fourth-order valence-electron chi connectivity index (χ4n) is 2.10. The summed E-state index contributed by atoms with van der Waals surface area (Å²) in [7, 11) is 0. The Balaban J connectivity index is 2.02. The van der Waals surface area contributed by atoms with Crippen LogP contribution in [0, 0.1) is 0 Å². The first-order valence-electron chi connectivity index (χ1n) is 6.62. The lowest BCUT2D eigenvalue weighted by Crippen LogP contribution is -2.19. The van der Waals surface area contributed by atoms with Crippen LogP contribution in [0.25, 0.3) is 0 Å². The van der Waals surface area contributed by atoms with Crippen molar-refractivity contribution in [1.82, 2.24) is 10.3 Å². The van der Waals surface area contributed by atoms with Crippen molar-refractivity contribution in [2.24, 2.45) is 0 Å². The third-order valence-corrected chi connectivity index (χ3v) is 3.52. The van der Waals surface area contributed by atoms with Crippen molar-refractivity contribution < 1.29 is 0 Å².